The van der Waals surface area contributed by atoms with Crippen LogP contribution in [0.5, 0.6) is 0 Å². The molecule has 20 heavy (non-hydrogen) atoms. The molecule has 114 valence electrons. The van der Waals surface area contributed by atoms with Crippen molar-refractivity contribution in [2.24, 2.45) is 23.7 Å². The van der Waals surface area contributed by atoms with Gasteiger partial charge in [-0.2, -0.15) is 0 Å². The standard InChI is InChI=1S/C17H28O3/c1-3-5-6-11(4-2)10-19-17(18)14-9-12-7-8-13(14)16-15(12)20-16/h11-16H,3-10H2,1-2H3. The predicted octanol–water partition coefficient (Wildman–Crippen LogP) is 3.56. The van der Waals surface area contributed by atoms with Crippen LogP contribution in [-0.2, 0) is 14.3 Å². The van der Waals surface area contributed by atoms with Gasteiger partial charge in [-0.3, -0.25) is 4.79 Å². The third-order valence-corrected chi connectivity index (χ3v) is 5.70. The number of esters is 1. The molecule has 0 N–H and O–H groups in total. The van der Waals surface area contributed by atoms with Gasteiger partial charge in [-0.1, -0.05) is 33.1 Å². The molecule has 6 atom stereocenters. The van der Waals surface area contributed by atoms with E-state index in [1.807, 2.05) is 0 Å². The van der Waals surface area contributed by atoms with Crippen molar-refractivity contribution in [1.29, 1.82) is 0 Å². The average molecular weight is 280 g/mol. The van der Waals surface area contributed by atoms with E-state index in [0.717, 1.165) is 12.8 Å². The summed E-state index contributed by atoms with van der Waals surface area (Å²) in [5.74, 6) is 1.81. The van der Waals surface area contributed by atoms with Gasteiger partial charge in [-0.15, -0.1) is 0 Å². The molecule has 1 saturated heterocycles. The van der Waals surface area contributed by atoms with Gasteiger partial charge in [0.2, 0.25) is 0 Å². The lowest BCUT2D eigenvalue weighted by atomic mass is 9.65. The number of rotatable bonds is 7. The lowest BCUT2D eigenvalue weighted by Crippen LogP contribution is -2.42. The fourth-order valence-corrected chi connectivity index (χ4v) is 4.25. The van der Waals surface area contributed by atoms with Crippen LogP contribution in [0.2, 0.25) is 0 Å². The summed E-state index contributed by atoms with van der Waals surface area (Å²) in [7, 11) is 0. The molecule has 0 aromatic carbocycles. The first-order valence-corrected chi connectivity index (χ1v) is 8.56. The number of unbranched alkanes of at least 4 members (excludes halogenated alkanes) is 1. The van der Waals surface area contributed by atoms with E-state index in [4.69, 9.17) is 9.47 Å². The first-order valence-electron chi connectivity index (χ1n) is 8.56. The summed E-state index contributed by atoms with van der Waals surface area (Å²) >= 11 is 0. The highest BCUT2D eigenvalue weighted by molar-refractivity contribution is 5.73. The molecule has 3 saturated carbocycles. The Hall–Kier alpha value is -0.570. The second-order valence-electron chi connectivity index (χ2n) is 6.96. The summed E-state index contributed by atoms with van der Waals surface area (Å²) < 4.78 is 11.4. The van der Waals surface area contributed by atoms with Gasteiger partial charge < -0.3 is 9.47 Å². The maximum atomic E-state index is 12.4. The summed E-state index contributed by atoms with van der Waals surface area (Å²) in [5.41, 5.74) is 0. The highest BCUT2D eigenvalue weighted by Crippen LogP contribution is 2.55. The van der Waals surface area contributed by atoms with Gasteiger partial charge in [-0.25, -0.2) is 0 Å². The molecule has 3 aliphatic carbocycles. The van der Waals surface area contributed by atoms with Crippen LogP contribution in [0.15, 0.2) is 0 Å². The van der Waals surface area contributed by atoms with Crippen LogP contribution in [0.25, 0.3) is 0 Å². The summed E-state index contributed by atoms with van der Waals surface area (Å²) in [5, 5.41) is 0. The molecule has 6 unspecified atom stereocenters. The molecular weight excluding hydrogens is 252 g/mol. The van der Waals surface area contributed by atoms with Crippen molar-refractivity contribution in [3.05, 3.63) is 0 Å². The number of fused-ring (bicyclic) bond motifs is 2. The van der Waals surface area contributed by atoms with Gasteiger partial charge in [0, 0.05) is 5.92 Å². The Morgan fingerprint density at radius 1 is 1.30 bits per heavy atom. The van der Waals surface area contributed by atoms with Gasteiger partial charge in [0.15, 0.2) is 0 Å². The Morgan fingerprint density at radius 2 is 2.15 bits per heavy atom. The maximum absolute atomic E-state index is 12.4. The van der Waals surface area contributed by atoms with Gasteiger partial charge in [0.1, 0.15) is 0 Å². The van der Waals surface area contributed by atoms with Gasteiger partial charge in [0.25, 0.3) is 0 Å². The minimum atomic E-state index is 0.0589. The van der Waals surface area contributed by atoms with Crippen LogP contribution < -0.4 is 0 Å². The van der Waals surface area contributed by atoms with E-state index >= 15 is 0 Å². The van der Waals surface area contributed by atoms with Crippen molar-refractivity contribution < 1.29 is 14.3 Å². The fraction of sp³-hybridized carbons (Fsp3) is 0.941. The van der Waals surface area contributed by atoms with Crippen LogP contribution >= 0.6 is 0 Å². The van der Waals surface area contributed by atoms with Crippen LogP contribution in [0.3, 0.4) is 0 Å². The number of hydrogen-bond acceptors (Lipinski definition) is 3. The lowest BCUT2D eigenvalue weighted by Gasteiger charge is -2.37. The molecule has 0 aromatic heterocycles. The van der Waals surface area contributed by atoms with Crippen molar-refractivity contribution in [3.63, 3.8) is 0 Å². The molecular formula is C17H28O3. The van der Waals surface area contributed by atoms with E-state index in [-0.39, 0.29) is 11.9 Å². The van der Waals surface area contributed by atoms with E-state index in [2.05, 4.69) is 13.8 Å². The van der Waals surface area contributed by atoms with Crippen molar-refractivity contribution in [3.8, 4) is 0 Å². The molecule has 4 fully saturated rings. The van der Waals surface area contributed by atoms with Gasteiger partial charge in [-0.05, 0) is 37.5 Å². The van der Waals surface area contributed by atoms with Gasteiger partial charge in [0.05, 0.1) is 24.7 Å². The first-order chi connectivity index (χ1) is 9.74. The van der Waals surface area contributed by atoms with Crippen LogP contribution in [-0.4, -0.2) is 24.8 Å². The zero-order valence-electron chi connectivity index (χ0n) is 12.8. The monoisotopic (exact) mass is 280 g/mol. The largest absolute Gasteiger partial charge is 0.465 e. The summed E-state index contributed by atoms with van der Waals surface area (Å²) in [6.45, 7) is 5.03. The summed E-state index contributed by atoms with van der Waals surface area (Å²) in [6.07, 6.45) is 9.06. The fourth-order valence-electron chi connectivity index (χ4n) is 4.25. The Bertz CT molecular complexity index is 354. The SMILES string of the molecule is CCCCC(CC)COC(=O)C1CC2CCC1C1OC21. The second-order valence-corrected chi connectivity index (χ2v) is 6.96. The molecule has 0 aromatic rings. The quantitative estimate of drug-likeness (QED) is 0.528. The maximum Gasteiger partial charge on any atom is 0.309 e. The molecule has 0 amide bonds. The minimum absolute atomic E-state index is 0.0589. The van der Waals surface area contributed by atoms with E-state index in [9.17, 15) is 4.79 Å². The topological polar surface area (TPSA) is 38.8 Å². The van der Waals surface area contributed by atoms with Crippen molar-refractivity contribution in [2.75, 3.05) is 6.61 Å². The summed E-state index contributed by atoms with van der Waals surface area (Å²) in [4.78, 5) is 12.4. The molecule has 4 aliphatic rings. The number of ether oxygens (including phenoxy) is 2. The number of epoxide rings is 1. The zero-order valence-corrected chi connectivity index (χ0v) is 12.8. The van der Waals surface area contributed by atoms with E-state index < -0.39 is 0 Å². The van der Waals surface area contributed by atoms with E-state index in [0.29, 0.717) is 36.6 Å². The summed E-state index contributed by atoms with van der Waals surface area (Å²) in [6, 6.07) is 0. The Labute approximate surface area is 122 Å². The highest BCUT2D eigenvalue weighted by atomic mass is 16.6. The van der Waals surface area contributed by atoms with Crippen LogP contribution in [0, 0.1) is 23.7 Å². The number of carbonyl (C=O) groups excluding carboxylic acids is 1. The van der Waals surface area contributed by atoms with E-state index in [1.54, 1.807) is 0 Å². The Morgan fingerprint density at radius 3 is 2.85 bits per heavy atom. The first kappa shape index (κ1) is 14.4. The third-order valence-electron chi connectivity index (χ3n) is 5.70. The minimum Gasteiger partial charge on any atom is -0.465 e. The predicted molar refractivity (Wildman–Crippen MR) is 77.2 cm³/mol. The Balaban J connectivity index is 1.47. The molecule has 3 heteroatoms. The number of carbonyl (C=O) groups is 1. The second kappa shape index (κ2) is 6.05. The molecule has 1 heterocycles. The van der Waals surface area contributed by atoms with Crippen LogP contribution in [0.1, 0.15) is 58.8 Å². The van der Waals surface area contributed by atoms with Crippen molar-refractivity contribution in [2.45, 2.75) is 71.0 Å². The molecule has 3 nitrogen and oxygen atoms in total. The zero-order chi connectivity index (χ0) is 14.1. The number of hydrogen-bond donors (Lipinski definition) is 0. The van der Waals surface area contributed by atoms with Crippen molar-refractivity contribution in [1.82, 2.24) is 0 Å². The smallest absolute Gasteiger partial charge is 0.309 e. The van der Waals surface area contributed by atoms with Crippen LogP contribution in [0.4, 0.5) is 0 Å². The Kier molecular flexibility index (Phi) is 4.34. The van der Waals surface area contributed by atoms with Gasteiger partial charge >= 0.3 is 5.97 Å². The lowest BCUT2D eigenvalue weighted by molar-refractivity contribution is -0.155. The average Bonchev–Trinajstić information content (AvgIpc) is 3.29. The molecule has 4 rings (SSSR count). The molecule has 0 radical (unpaired) electrons. The normalized spacial score (nSPS) is 39.2. The molecule has 0 spiro atoms. The third kappa shape index (κ3) is 2.74. The molecule has 1 aliphatic heterocycles. The van der Waals surface area contributed by atoms with Crippen molar-refractivity contribution >= 4 is 5.97 Å². The highest BCUT2D eigenvalue weighted by Gasteiger charge is 2.61. The molecule has 2 bridgehead atoms. The van der Waals surface area contributed by atoms with E-state index in [1.165, 1.54) is 32.1 Å².